The fourth-order valence-electron chi connectivity index (χ4n) is 2.69. The number of nitrogens with zero attached hydrogens (tertiary/aromatic N) is 2. The summed E-state index contributed by atoms with van der Waals surface area (Å²) in [5, 5.41) is 11.1. The molecular formula is C19H18N4O4S. The highest BCUT2D eigenvalue weighted by Crippen LogP contribution is 2.32. The first-order valence-corrected chi connectivity index (χ1v) is 10.1. The van der Waals surface area contributed by atoms with Crippen LogP contribution in [0.2, 0.25) is 0 Å². The van der Waals surface area contributed by atoms with Crippen molar-refractivity contribution in [2.24, 2.45) is 0 Å². The van der Waals surface area contributed by atoms with Crippen LogP contribution in [0.1, 0.15) is 5.56 Å². The molecule has 0 spiro atoms. The summed E-state index contributed by atoms with van der Waals surface area (Å²) in [5.74, 6) is 1.55. The number of fused-ring (bicyclic) bond motifs is 1. The van der Waals surface area contributed by atoms with E-state index in [2.05, 4.69) is 20.2 Å². The molecule has 2 aromatic carbocycles. The summed E-state index contributed by atoms with van der Waals surface area (Å²) in [7, 11) is -3.83. The number of nitrogens with one attached hydrogen (secondary N) is 2. The second-order valence-electron chi connectivity index (χ2n) is 6.15. The van der Waals surface area contributed by atoms with Crippen molar-refractivity contribution in [2.45, 2.75) is 11.8 Å². The minimum atomic E-state index is -3.83. The van der Waals surface area contributed by atoms with Crippen LogP contribution in [-0.4, -0.2) is 31.8 Å². The Labute approximate surface area is 162 Å². The van der Waals surface area contributed by atoms with Crippen LogP contribution in [0.15, 0.2) is 59.5 Å². The average molecular weight is 398 g/mol. The average Bonchev–Trinajstić information content (AvgIpc) is 2.70. The Hall–Kier alpha value is -3.33. The molecule has 1 aliphatic rings. The number of para-hydroxylation sites is 1. The maximum Gasteiger partial charge on any atom is 0.263 e. The van der Waals surface area contributed by atoms with Crippen LogP contribution in [-0.2, 0) is 10.0 Å². The van der Waals surface area contributed by atoms with E-state index in [1.165, 1.54) is 12.1 Å². The van der Waals surface area contributed by atoms with Crippen molar-refractivity contribution in [2.75, 3.05) is 23.3 Å². The predicted octanol–water partition coefficient (Wildman–Crippen LogP) is 3.10. The quantitative estimate of drug-likeness (QED) is 0.681. The topological polar surface area (TPSA) is 102 Å². The number of ether oxygens (including phenoxy) is 2. The smallest absolute Gasteiger partial charge is 0.263 e. The molecule has 2 N–H and O–H groups in total. The second kappa shape index (κ2) is 7.35. The zero-order valence-electron chi connectivity index (χ0n) is 15.0. The molecule has 0 bridgehead atoms. The van der Waals surface area contributed by atoms with Gasteiger partial charge in [0.05, 0.1) is 4.90 Å². The third-order valence-corrected chi connectivity index (χ3v) is 5.49. The van der Waals surface area contributed by atoms with E-state index in [0.29, 0.717) is 30.5 Å². The lowest BCUT2D eigenvalue weighted by Gasteiger charge is -2.18. The van der Waals surface area contributed by atoms with Gasteiger partial charge in [0.15, 0.2) is 23.1 Å². The van der Waals surface area contributed by atoms with Crippen molar-refractivity contribution < 1.29 is 17.9 Å². The van der Waals surface area contributed by atoms with Gasteiger partial charge >= 0.3 is 0 Å². The van der Waals surface area contributed by atoms with E-state index >= 15 is 0 Å². The van der Waals surface area contributed by atoms with Crippen LogP contribution in [0.4, 0.5) is 17.3 Å². The molecule has 1 aliphatic heterocycles. The number of rotatable bonds is 5. The summed E-state index contributed by atoms with van der Waals surface area (Å²) >= 11 is 0. The van der Waals surface area contributed by atoms with Crippen LogP contribution in [0, 0.1) is 6.92 Å². The van der Waals surface area contributed by atoms with Crippen molar-refractivity contribution in [1.82, 2.24) is 10.2 Å². The van der Waals surface area contributed by atoms with Gasteiger partial charge in [-0.2, -0.15) is 0 Å². The van der Waals surface area contributed by atoms with Gasteiger partial charge in [-0.25, -0.2) is 8.42 Å². The number of sulfonamides is 1. The number of hydrogen-bond donors (Lipinski definition) is 2. The third kappa shape index (κ3) is 3.84. The van der Waals surface area contributed by atoms with E-state index < -0.39 is 10.0 Å². The fourth-order valence-corrected chi connectivity index (χ4v) is 3.70. The van der Waals surface area contributed by atoms with Crippen LogP contribution in [0.25, 0.3) is 0 Å². The Morgan fingerprint density at radius 1 is 0.893 bits per heavy atom. The summed E-state index contributed by atoms with van der Waals surface area (Å²) in [6.07, 6.45) is 0. The summed E-state index contributed by atoms with van der Waals surface area (Å²) in [5.41, 5.74) is 1.97. The van der Waals surface area contributed by atoms with Gasteiger partial charge < -0.3 is 14.8 Å². The summed E-state index contributed by atoms with van der Waals surface area (Å²) in [6, 6.07) is 15.4. The van der Waals surface area contributed by atoms with Crippen molar-refractivity contribution in [3.05, 3.63) is 60.2 Å². The van der Waals surface area contributed by atoms with Gasteiger partial charge in [-0.1, -0.05) is 18.2 Å². The monoisotopic (exact) mass is 398 g/mol. The maximum atomic E-state index is 12.6. The first-order chi connectivity index (χ1) is 13.5. The lowest BCUT2D eigenvalue weighted by molar-refractivity contribution is 0.171. The zero-order valence-corrected chi connectivity index (χ0v) is 15.9. The minimum Gasteiger partial charge on any atom is -0.486 e. The van der Waals surface area contributed by atoms with Gasteiger partial charge in [0.1, 0.15) is 13.2 Å². The Morgan fingerprint density at radius 2 is 1.61 bits per heavy atom. The number of anilines is 3. The fraction of sp³-hybridized carbons (Fsp3) is 0.158. The summed E-state index contributed by atoms with van der Waals surface area (Å²) < 4.78 is 38.5. The zero-order chi connectivity index (χ0) is 19.6. The molecule has 0 fully saturated rings. The van der Waals surface area contributed by atoms with Crippen LogP contribution in [0.3, 0.4) is 0 Å². The molecule has 0 amide bonds. The molecule has 3 aromatic rings. The van der Waals surface area contributed by atoms with E-state index in [-0.39, 0.29) is 10.7 Å². The van der Waals surface area contributed by atoms with E-state index in [4.69, 9.17) is 9.47 Å². The van der Waals surface area contributed by atoms with Gasteiger partial charge in [-0.3, -0.25) is 4.72 Å². The van der Waals surface area contributed by atoms with Gasteiger partial charge in [-0.05, 0) is 42.8 Å². The largest absolute Gasteiger partial charge is 0.486 e. The predicted molar refractivity (Wildman–Crippen MR) is 105 cm³/mol. The second-order valence-corrected chi connectivity index (χ2v) is 7.84. The van der Waals surface area contributed by atoms with E-state index in [1.54, 1.807) is 18.2 Å². The van der Waals surface area contributed by atoms with Crippen LogP contribution in [0.5, 0.6) is 11.5 Å². The van der Waals surface area contributed by atoms with Crippen molar-refractivity contribution in [3.63, 3.8) is 0 Å². The molecule has 144 valence electrons. The highest BCUT2D eigenvalue weighted by molar-refractivity contribution is 7.92. The molecule has 0 unspecified atom stereocenters. The molecule has 4 rings (SSSR count). The first kappa shape index (κ1) is 18.1. The summed E-state index contributed by atoms with van der Waals surface area (Å²) in [4.78, 5) is 0.0562. The van der Waals surface area contributed by atoms with Gasteiger partial charge in [0.25, 0.3) is 10.0 Å². The number of aryl methyl sites for hydroxylation is 1. The normalized spacial score (nSPS) is 13.0. The highest BCUT2D eigenvalue weighted by atomic mass is 32.2. The van der Waals surface area contributed by atoms with Crippen LogP contribution < -0.4 is 19.5 Å². The Morgan fingerprint density at radius 3 is 2.36 bits per heavy atom. The molecule has 0 atom stereocenters. The Bertz CT molecular complexity index is 1100. The molecule has 0 saturated carbocycles. The minimum absolute atomic E-state index is 0.0562. The van der Waals surface area contributed by atoms with E-state index in [9.17, 15) is 8.42 Å². The van der Waals surface area contributed by atoms with Gasteiger partial charge in [0, 0.05) is 11.8 Å². The molecule has 0 radical (unpaired) electrons. The Kier molecular flexibility index (Phi) is 4.74. The molecule has 8 nitrogen and oxygen atoms in total. The van der Waals surface area contributed by atoms with Crippen molar-refractivity contribution >= 4 is 27.3 Å². The maximum absolute atomic E-state index is 12.6. The molecule has 0 saturated heterocycles. The molecular weight excluding hydrogens is 380 g/mol. The first-order valence-electron chi connectivity index (χ1n) is 8.60. The lowest BCUT2D eigenvalue weighted by Crippen LogP contribution is -2.18. The highest BCUT2D eigenvalue weighted by Gasteiger charge is 2.20. The number of hydrogen-bond acceptors (Lipinski definition) is 7. The third-order valence-electron chi connectivity index (χ3n) is 4.14. The molecule has 2 heterocycles. The Balaban J connectivity index is 1.50. The molecule has 9 heteroatoms. The van der Waals surface area contributed by atoms with Crippen LogP contribution >= 0.6 is 0 Å². The number of benzene rings is 2. The SMILES string of the molecule is Cc1ccccc1Nc1ccc(NS(=O)(=O)c2ccc3c(c2)OCCO3)nn1. The van der Waals surface area contributed by atoms with Crippen molar-refractivity contribution in [1.29, 1.82) is 0 Å². The van der Waals surface area contributed by atoms with E-state index in [0.717, 1.165) is 11.3 Å². The lowest BCUT2D eigenvalue weighted by atomic mass is 10.2. The standard InChI is InChI=1S/C19H18N4O4S/c1-13-4-2-3-5-15(13)20-18-8-9-19(22-21-18)23-28(24,25)14-6-7-16-17(12-14)27-11-10-26-16/h2-9,12H,10-11H2,1H3,(H,20,21)(H,22,23). The van der Waals surface area contributed by atoms with Gasteiger partial charge in [-0.15, -0.1) is 10.2 Å². The number of aromatic nitrogens is 2. The molecule has 1 aromatic heterocycles. The van der Waals surface area contributed by atoms with Crippen molar-refractivity contribution in [3.8, 4) is 11.5 Å². The van der Waals surface area contributed by atoms with Gasteiger partial charge in [0.2, 0.25) is 0 Å². The molecule has 28 heavy (non-hydrogen) atoms. The summed E-state index contributed by atoms with van der Waals surface area (Å²) in [6.45, 7) is 2.80. The molecule has 0 aliphatic carbocycles. The van der Waals surface area contributed by atoms with E-state index in [1.807, 2.05) is 31.2 Å².